The maximum atomic E-state index is 5.21. The van der Waals surface area contributed by atoms with E-state index in [2.05, 4.69) is 32.5 Å². The molecule has 7 heteroatoms. The molecular formula is C13H16N6O. The Morgan fingerprint density at radius 2 is 2.10 bits per heavy atom. The van der Waals surface area contributed by atoms with E-state index in [1.54, 1.807) is 10.9 Å². The number of aryl methyl sites for hydroxylation is 3. The molecule has 3 heterocycles. The molecule has 0 saturated carbocycles. The number of rotatable bonds is 3. The Morgan fingerprint density at radius 1 is 1.30 bits per heavy atom. The molecule has 0 spiro atoms. The van der Waals surface area contributed by atoms with Gasteiger partial charge in [-0.1, -0.05) is 5.16 Å². The zero-order valence-corrected chi connectivity index (χ0v) is 11.9. The average molecular weight is 272 g/mol. The molecule has 0 saturated heterocycles. The van der Waals surface area contributed by atoms with Crippen molar-refractivity contribution in [2.24, 2.45) is 7.05 Å². The van der Waals surface area contributed by atoms with Crippen LogP contribution in [0.4, 0.5) is 5.82 Å². The maximum absolute atomic E-state index is 5.21. The van der Waals surface area contributed by atoms with Crippen molar-refractivity contribution in [3.8, 4) is 0 Å². The molecule has 1 unspecified atom stereocenters. The second-order valence-corrected chi connectivity index (χ2v) is 4.83. The molecule has 0 aliphatic carbocycles. The van der Waals surface area contributed by atoms with Gasteiger partial charge in [-0.05, 0) is 20.8 Å². The number of hydrogen-bond donors (Lipinski definition) is 1. The summed E-state index contributed by atoms with van der Waals surface area (Å²) in [5.74, 6) is 1.58. The normalized spacial score (nSPS) is 12.8. The smallest absolute Gasteiger partial charge is 0.163 e. The number of hydrogen-bond acceptors (Lipinski definition) is 6. The minimum Gasteiger partial charge on any atom is -0.363 e. The molecule has 3 rings (SSSR count). The van der Waals surface area contributed by atoms with Crippen LogP contribution in [-0.2, 0) is 7.05 Å². The van der Waals surface area contributed by atoms with Crippen molar-refractivity contribution in [1.82, 2.24) is 24.9 Å². The fraction of sp³-hybridized carbons (Fsp3) is 0.385. The van der Waals surface area contributed by atoms with Gasteiger partial charge in [0.1, 0.15) is 17.9 Å². The first-order valence-corrected chi connectivity index (χ1v) is 6.40. The van der Waals surface area contributed by atoms with Crippen LogP contribution in [-0.4, -0.2) is 24.9 Å². The predicted octanol–water partition coefficient (Wildman–Crippen LogP) is 2.14. The van der Waals surface area contributed by atoms with Gasteiger partial charge in [0.25, 0.3) is 0 Å². The molecule has 3 aromatic rings. The van der Waals surface area contributed by atoms with Crippen molar-refractivity contribution >= 4 is 16.9 Å². The van der Waals surface area contributed by atoms with Gasteiger partial charge in [0, 0.05) is 12.6 Å². The highest BCUT2D eigenvalue weighted by molar-refractivity contribution is 5.86. The number of nitrogens with one attached hydrogen (secondary N) is 1. The third-order valence-corrected chi connectivity index (χ3v) is 3.40. The summed E-state index contributed by atoms with van der Waals surface area (Å²) in [5, 5.41) is 12.5. The molecule has 0 amide bonds. The van der Waals surface area contributed by atoms with Gasteiger partial charge >= 0.3 is 0 Å². The van der Waals surface area contributed by atoms with Gasteiger partial charge in [-0.3, -0.25) is 4.68 Å². The molecule has 0 aromatic carbocycles. The van der Waals surface area contributed by atoms with Gasteiger partial charge < -0.3 is 9.84 Å². The van der Waals surface area contributed by atoms with Crippen molar-refractivity contribution in [1.29, 1.82) is 0 Å². The summed E-state index contributed by atoms with van der Waals surface area (Å²) < 4.78 is 6.93. The van der Waals surface area contributed by atoms with Crippen molar-refractivity contribution in [2.75, 3.05) is 5.32 Å². The Hall–Kier alpha value is -2.44. The van der Waals surface area contributed by atoms with E-state index >= 15 is 0 Å². The molecule has 1 atom stereocenters. The van der Waals surface area contributed by atoms with Crippen molar-refractivity contribution < 1.29 is 4.52 Å². The second-order valence-electron chi connectivity index (χ2n) is 4.83. The lowest BCUT2D eigenvalue weighted by Crippen LogP contribution is -2.10. The fourth-order valence-electron chi connectivity index (χ4n) is 2.46. The molecule has 104 valence electrons. The van der Waals surface area contributed by atoms with Crippen LogP contribution in [0.5, 0.6) is 0 Å². The van der Waals surface area contributed by atoms with Crippen LogP contribution >= 0.6 is 0 Å². The summed E-state index contributed by atoms with van der Waals surface area (Å²) in [6.45, 7) is 5.90. The summed E-state index contributed by atoms with van der Waals surface area (Å²) in [7, 11) is 1.86. The van der Waals surface area contributed by atoms with Crippen LogP contribution in [0, 0.1) is 13.8 Å². The van der Waals surface area contributed by atoms with Gasteiger partial charge in [0.2, 0.25) is 0 Å². The summed E-state index contributed by atoms with van der Waals surface area (Å²) in [6.07, 6.45) is 3.30. The first-order chi connectivity index (χ1) is 9.58. The zero-order valence-electron chi connectivity index (χ0n) is 11.9. The molecule has 7 nitrogen and oxygen atoms in total. The molecule has 20 heavy (non-hydrogen) atoms. The van der Waals surface area contributed by atoms with Gasteiger partial charge in [-0.2, -0.15) is 5.10 Å². The standard InChI is InChI=1S/C13H16N6O/c1-7(11-8(2)18-20-9(11)3)17-12-10-5-16-19(4)13(10)15-6-14-12/h5-7H,1-4H3,(H,14,15,17). The van der Waals surface area contributed by atoms with Crippen LogP contribution in [0.15, 0.2) is 17.0 Å². The molecule has 0 fully saturated rings. The van der Waals surface area contributed by atoms with Crippen LogP contribution < -0.4 is 5.32 Å². The Morgan fingerprint density at radius 3 is 2.80 bits per heavy atom. The average Bonchev–Trinajstić information content (AvgIpc) is 2.95. The quantitative estimate of drug-likeness (QED) is 0.786. The molecule has 0 radical (unpaired) electrons. The van der Waals surface area contributed by atoms with E-state index in [9.17, 15) is 0 Å². The van der Waals surface area contributed by atoms with Crippen LogP contribution in [0.25, 0.3) is 11.0 Å². The molecular weight excluding hydrogens is 256 g/mol. The highest BCUT2D eigenvalue weighted by Gasteiger charge is 2.18. The topological polar surface area (TPSA) is 81.7 Å². The highest BCUT2D eigenvalue weighted by Crippen LogP contribution is 2.26. The Kier molecular flexibility index (Phi) is 2.89. The van der Waals surface area contributed by atoms with Gasteiger partial charge in [0.15, 0.2) is 5.65 Å². The van der Waals surface area contributed by atoms with E-state index in [0.717, 1.165) is 33.9 Å². The number of nitrogens with zero attached hydrogens (tertiary/aromatic N) is 5. The lowest BCUT2D eigenvalue weighted by molar-refractivity contribution is 0.392. The second kappa shape index (κ2) is 4.59. The van der Waals surface area contributed by atoms with E-state index in [1.807, 2.05) is 20.9 Å². The van der Waals surface area contributed by atoms with E-state index in [-0.39, 0.29) is 6.04 Å². The third-order valence-electron chi connectivity index (χ3n) is 3.40. The van der Waals surface area contributed by atoms with E-state index in [1.165, 1.54) is 6.33 Å². The first-order valence-electron chi connectivity index (χ1n) is 6.40. The van der Waals surface area contributed by atoms with Gasteiger partial charge in [-0.15, -0.1) is 0 Å². The monoisotopic (exact) mass is 272 g/mol. The lowest BCUT2D eigenvalue weighted by atomic mass is 10.1. The third kappa shape index (κ3) is 1.91. The van der Waals surface area contributed by atoms with E-state index in [0.29, 0.717) is 0 Å². The highest BCUT2D eigenvalue weighted by atomic mass is 16.5. The predicted molar refractivity (Wildman–Crippen MR) is 74.3 cm³/mol. The Bertz CT molecular complexity index is 740. The minimum absolute atomic E-state index is 0.0413. The number of anilines is 1. The Labute approximate surface area is 116 Å². The fourth-order valence-corrected chi connectivity index (χ4v) is 2.46. The van der Waals surface area contributed by atoms with E-state index in [4.69, 9.17) is 4.52 Å². The van der Waals surface area contributed by atoms with Crippen molar-refractivity contribution in [3.05, 3.63) is 29.5 Å². The summed E-state index contributed by atoms with van der Waals surface area (Å²) in [5.41, 5.74) is 2.74. The summed E-state index contributed by atoms with van der Waals surface area (Å²) in [6, 6.07) is 0.0413. The van der Waals surface area contributed by atoms with Crippen LogP contribution in [0.3, 0.4) is 0 Å². The maximum Gasteiger partial charge on any atom is 0.163 e. The van der Waals surface area contributed by atoms with E-state index < -0.39 is 0 Å². The number of fused-ring (bicyclic) bond motifs is 1. The summed E-state index contributed by atoms with van der Waals surface area (Å²) >= 11 is 0. The lowest BCUT2D eigenvalue weighted by Gasteiger charge is -2.14. The molecule has 0 bridgehead atoms. The number of aromatic nitrogens is 5. The molecule has 1 N–H and O–H groups in total. The van der Waals surface area contributed by atoms with Crippen molar-refractivity contribution in [3.63, 3.8) is 0 Å². The first kappa shape index (κ1) is 12.6. The van der Waals surface area contributed by atoms with Gasteiger partial charge in [0.05, 0.1) is 23.3 Å². The molecule has 0 aliphatic rings. The van der Waals surface area contributed by atoms with Crippen molar-refractivity contribution in [2.45, 2.75) is 26.8 Å². The van der Waals surface area contributed by atoms with Crippen LogP contribution in [0.2, 0.25) is 0 Å². The summed E-state index contributed by atoms with van der Waals surface area (Å²) in [4.78, 5) is 8.53. The minimum atomic E-state index is 0.0413. The molecule has 0 aliphatic heterocycles. The Balaban J connectivity index is 1.97. The largest absolute Gasteiger partial charge is 0.363 e. The zero-order chi connectivity index (χ0) is 14.3. The molecule has 3 aromatic heterocycles. The van der Waals surface area contributed by atoms with Gasteiger partial charge in [-0.25, -0.2) is 9.97 Å². The van der Waals surface area contributed by atoms with Crippen LogP contribution in [0.1, 0.15) is 30.0 Å². The SMILES string of the molecule is Cc1noc(C)c1C(C)Nc1ncnc2c1cnn2C.